The van der Waals surface area contributed by atoms with Crippen LogP contribution in [0.5, 0.6) is 0 Å². The molecule has 0 spiro atoms. The minimum atomic E-state index is 0.106. The van der Waals surface area contributed by atoms with Crippen molar-refractivity contribution in [1.29, 1.82) is 0 Å². The van der Waals surface area contributed by atoms with Gasteiger partial charge in [-0.15, -0.1) is 0 Å². The number of carbonyl (C=O) groups excluding carboxylic acids is 1. The first-order valence-electron chi connectivity index (χ1n) is 2.24. The van der Waals surface area contributed by atoms with Gasteiger partial charge >= 0.3 is 0 Å². The molecule has 0 amide bonds. The first-order chi connectivity index (χ1) is 3.89. The molecule has 0 radical (unpaired) electrons. The zero-order valence-corrected chi connectivity index (χ0v) is 5.02. The third-order valence-corrected chi connectivity index (χ3v) is 1.38. The lowest BCUT2D eigenvalue weighted by Gasteiger charge is -1.82. The van der Waals surface area contributed by atoms with Crippen molar-refractivity contribution in [2.75, 3.05) is 6.54 Å². The quantitative estimate of drug-likeness (QED) is 0.482. The molecule has 0 aromatic carbocycles. The Morgan fingerprint density at radius 2 is 2.62 bits per heavy atom. The van der Waals surface area contributed by atoms with Crippen molar-refractivity contribution >= 4 is 23.1 Å². The fourth-order valence-corrected chi connectivity index (χ4v) is 0.825. The molecule has 2 nitrogen and oxygen atoms in total. The Hall–Kier alpha value is -0.570. The molecule has 0 saturated carbocycles. The summed E-state index contributed by atoms with van der Waals surface area (Å²) in [6.45, 7) is 0.317. The molecule has 42 valence electrons. The molecule has 0 aliphatic carbocycles. The third-order valence-electron chi connectivity index (χ3n) is 0.690. The number of carbonyl (C=O) groups is 1. The number of allylic oxidation sites excluding steroid dienone is 1. The first-order valence-corrected chi connectivity index (χ1v) is 3.12. The van der Waals surface area contributed by atoms with Crippen LogP contribution in [0.25, 0.3) is 0 Å². The maximum atomic E-state index is 10.5. The largest absolute Gasteiger partial charge is 0.285 e. The lowest BCUT2D eigenvalue weighted by Crippen LogP contribution is -1.91. The average Bonchev–Trinajstić information content (AvgIpc) is 1.94. The molecule has 8 heavy (non-hydrogen) atoms. The lowest BCUT2D eigenvalue weighted by molar-refractivity contribution is -0.109. The summed E-state index contributed by atoms with van der Waals surface area (Å²) in [6, 6.07) is 0. The van der Waals surface area contributed by atoms with Crippen LogP contribution in [0.1, 0.15) is 0 Å². The molecule has 0 N–H and O–H groups in total. The van der Waals surface area contributed by atoms with Crippen LogP contribution in [0.2, 0.25) is 0 Å². The summed E-state index contributed by atoms with van der Waals surface area (Å²) in [5.74, 6) is 0. The smallest absolute Gasteiger partial charge is 0.214 e. The fraction of sp³-hybridized carbons (Fsp3) is 0.200. The molecule has 0 bridgehead atoms. The van der Waals surface area contributed by atoms with Crippen molar-refractivity contribution in [3.8, 4) is 0 Å². The van der Waals surface area contributed by atoms with Crippen LogP contribution in [0.4, 0.5) is 0 Å². The van der Waals surface area contributed by atoms with Gasteiger partial charge in [0.25, 0.3) is 0 Å². The van der Waals surface area contributed by atoms with Crippen LogP contribution >= 0.6 is 11.8 Å². The normalized spacial score (nSPS) is 18.8. The third kappa shape index (κ3) is 1.50. The summed E-state index contributed by atoms with van der Waals surface area (Å²) >= 11 is 1.19. The molecule has 0 aromatic heterocycles. The number of hydrogen-bond acceptors (Lipinski definition) is 3. The van der Waals surface area contributed by atoms with Crippen molar-refractivity contribution in [3.05, 3.63) is 11.5 Å². The number of thioether (sulfide) groups is 1. The van der Waals surface area contributed by atoms with E-state index < -0.39 is 0 Å². The van der Waals surface area contributed by atoms with Crippen molar-refractivity contribution in [1.82, 2.24) is 0 Å². The predicted molar refractivity (Wildman–Crippen MR) is 35.1 cm³/mol. The van der Waals surface area contributed by atoms with E-state index in [2.05, 4.69) is 4.99 Å². The molecule has 1 rings (SSSR count). The molecule has 3 heteroatoms. The van der Waals surface area contributed by atoms with Gasteiger partial charge < -0.3 is 0 Å². The molecular formula is C5H5NOS. The average molecular weight is 127 g/mol. The van der Waals surface area contributed by atoms with E-state index in [1.807, 2.05) is 0 Å². The highest BCUT2D eigenvalue weighted by Gasteiger charge is 1.97. The zero-order chi connectivity index (χ0) is 5.82. The van der Waals surface area contributed by atoms with E-state index in [0.717, 1.165) is 0 Å². The van der Waals surface area contributed by atoms with Crippen LogP contribution in [0.3, 0.4) is 0 Å². The van der Waals surface area contributed by atoms with Crippen molar-refractivity contribution in [2.45, 2.75) is 0 Å². The number of aliphatic imine (C=N–C) groups is 1. The van der Waals surface area contributed by atoms with Gasteiger partial charge in [0.1, 0.15) is 6.54 Å². The second-order valence-corrected chi connectivity index (χ2v) is 2.27. The van der Waals surface area contributed by atoms with E-state index in [1.165, 1.54) is 11.8 Å². The van der Waals surface area contributed by atoms with E-state index in [9.17, 15) is 4.79 Å². The van der Waals surface area contributed by atoms with Gasteiger partial charge in [-0.05, 0) is 11.5 Å². The van der Waals surface area contributed by atoms with E-state index >= 15 is 0 Å². The van der Waals surface area contributed by atoms with Gasteiger partial charge in [0, 0.05) is 6.21 Å². The Labute approximate surface area is 51.7 Å². The van der Waals surface area contributed by atoms with Gasteiger partial charge in [-0.1, -0.05) is 11.8 Å². The molecule has 0 aromatic rings. The summed E-state index contributed by atoms with van der Waals surface area (Å²) < 4.78 is 0. The molecule has 0 unspecified atom stereocenters. The Morgan fingerprint density at radius 1 is 1.75 bits per heavy atom. The predicted octanol–water partition coefficient (Wildman–Crippen LogP) is 0.844. The molecule has 0 saturated heterocycles. The highest BCUT2D eigenvalue weighted by atomic mass is 32.2. The summed E-state index contributed by atoms with van der Waals surface area (Å²) in [4.78, 5) is 14.3. The Balaban J connectivity index is 2.58. The number of hydrogen-bond donors (Lipinski definition) is 0. The van der Waals surface area contributed by atoms with E-state index in [1.54, 1.807) is 17.7 Å². The summed E-state index contributed by atoms with van der Waals surface area (Å²) in [5.41, 5.74) is 0. The summed E-state index contributed by atoms with van der Waals surface area (Å²) in [5, 5.41) is 1.84. The second-order valence-electron chi connectivity index (χ2n) is 1.31. The molecular weight excluding hydrogens is 122 g/mol. The molecule has 0 atom stereocenters. The van der Waals surface area contributed by atoms with Crippen molar-refractivity contribution in [2.24, 2.45) is 4.99 Å². The van der Waals surface area contributed by atoms with Crippen LogP contribution in [0.15, 0.2) is 16.5 Å². The number of rotatable bonds is 0. The fourth-order valence-electron chi connectivity index (χ4n) is 0.376. The Bertz CT molecular complexity index is 135. The van der Waals surface area contributed by atoms with E-state index in [4.69, 9.17) is 0 Å². The zero-order valence-electron chi connectivity index (χ0n) is 4.20. The monoisotopic (exact) mass is 127 g/mol. The molecule has 0 fully saturated rings. The summed E-state index contributed by atoms with van der Waals surface area (Å²) in [6.07, 6.45) is 3.40. The van der Waals surface area contributed by atoms with Gasteiger partial charge in [0.05, 0.1) is 0 Å². The second kappa shape index (κ2) is 2.67. The molecule has 1 aliphatic rings. The SMILES string of the molecule is O=C1CN=CC=CS1. The standard InChI is InChI=1S/C5H5NOS/c7-5-4-6-2-1-3-8-5/h1-3H,4H2. The highest BCUT2D eigenvalue weighted by Crippen LogP contribution is 2.04. The minimum absolute atomic E-state index is 0.106. The highest BCUT2D eigenvalue weighted by molar-refractivity contribution is 8.16. The van der Waals surface area contributed by atoms with Gasteiger partial charge in [0.15, 0.2) is 0 Å². The van der Waals surface area contributed by atoms with Crippen molar-refractivity contribution in [3.63, 3.8) is 0 Å². The topological polar surface area (TPSA) is 29.4 Å². The van der Waals surface area contributed by atoms with Crippen molar-refractivity contribution < 1.29 is 4.79 Å². The lowest BCUT2D eigenvalue weighted by atomic mass is 10.7. The van der Waals surface area contributed by atoms with Crippen LogP contribution in [-0.4, -0.2) is 17.9 Å². The van der Waals surface area contributed by atoms with Crippen LogP contribution < -0.4 is 0 Å². The molecule has 1 heterocycles. The van der Waals surface area contributed by atoms with Gasteiger partial charge in [0.2, 0.25) is 5.12 Å². The van der Waals surface area contributed by atoms with Crippen LogP contribution in [0, 0.1) is 0 Å². The van der Waals surface area contributed by atoms with Gasteiger partial charge in [-0.2, -0.15) is 0 Å². The van der Waals surface area contributed by atoms with Gasteiger partial charge in [-0.3, -0.25) is 9.79 Å². The maximum Gasteiger partial charge on any atom is 0.214 e. The minimum Gasteiger partial charge on any atom is -0.285 e. The summed E-state index contributed by atoms with van der Waals surface area (Å²) in [7, 11) is 0. The first kappa shape index (κ1) is 5.56. The van der Waals surface area contributed by atoms with Gasteiger partial charge in [-0.25, -0.2) is 0 Å². The van der Waals surface area contributed by atoms with E-state index in [0.29, 0.717) is 6.54 Å². The molecule has 1 aliphatic heterocycles. The van der Waals surface area contributed by atoms with Crippen LogP contribution in [-0.2, 0) is 4.79 Å². The maximum absolute atomic E-state index is 10.5. The van der Waals surface area contributed by atoms with E-state index in [-0.39, 0.29) is 5.12 Å². The Kier molecular flexibility index (Phi) is 1.86. The number of nitrogens with zero attached hydrogens (tertiary/aromatic N) is 1. The Morgan fingerprint density at radius 3 is 3.50 bits per heavy atom.